The zero-order chi connectivity index (χ0) is 9.14. The quantitative estimate of drug-likeness (QED) is 0.550. The van der Waals surface area contributed by atoms with Crippen LogP contribution in [-0.4, -0.2) is 10.2 Å². The molecule has 1 rings (SSSR count). The van der Waals surface area contributed by atoms with Gasteiger partial charge in [0.2, 0.25) is 0 Å². The molecule has 0 aliphatic heterocycles. The Morgan fingerprint density at radius 3 is 2.17 bits per heavy atom. The second-order valence-corrected chi connectivity index (χ2v) is 4.83. The van der Waals surface area contributed by atoms with Gasteiger partial charge in [-0.3, -0.25) is 0 Å². The summed E-state index contributed by atoms with van der Waals surface area (Å²) in [6.07, 6.45) is 1.00. The summed E-state index contributed by atoms with van der Waals surface area (Å²) in [6.45, 7) is 0. The molecular weight excluding hydrogens is 231 g/mol. The summed E-state index contributed by atoms with van der Waals surface area (Å²) in [5.41, 5.74) is 1.10. The molecule has 0 amide bonds. The largest absolute Gasteiger partial charge is 0.0840 e. The van der Waals surface area contributed by atoms with Crippen molar-refractivity contribution in [2.45, 2.75) is 12.5 Å². The van der Waals surface area contributed by atoms with Crippen LogP contribution in [-0.2, 0) is 6.42 Å². The molecule has 0 heterocycles. The Morgan fingerprint density at radius 1 is 1.00 bits per heavy atom. The van der Waals surface area contributed by atoms with E-state index in [2.05, 4.69) is 0 Å². The van der Waals surface area contributed by atoms with Crippen molar-refractivity contribution in [3.05, 3.63) is 32.8 Å². The van der Waals surface area contributed by atoms with Gasteiger partial charge in [-0.2, -0.15) is 0 Å². The molecule has 0 aliphatic rings. The van der Waals surface area contributed by atoms with E-state index < -0.39 is 0 Å². The van der Waals surface area contributed by atoms with Gasteiger partial charge in [0.25, 0.3) is 0 Å². The Bertz CT molecular complexity index is 286. The summed E-state index contributed by atoms with van der Waals surface area (Å²) >= 11 is 17.6. The predicted octanol–water partition coefficient (Wildman–Crippen LogP) is 2.97. The summed E-state index contributed by atoms with van der Waals surface area (Å²) in [5.74, 6) is 0. The van der Waals surface area contributed by atoms with Gasteiger partial charge in [-0.1, -0.05) is 40.8 Å². The van der Waals surface area contributed by atoms with Gasteiger partial charge in [0, 0.05) is 15.3 Å². The molecular formula is C8H9Cl3Si. The zero-order valence-corrected chi connectivity index (χ0v) is 11.0. The molecule has 1 aromatic carbocycles. The topological polar surface area (TPSA) is 0 Å². The molecule has 0 aromatic heterocycles. The second-order valence-electron chi connectivity index (χ2n) is 2.61. The number of rotatable bonds is 2. The Kier molecular flexibility index (Phi) is 3.91. The van der Waals surface area contributed by atoms with Gasteiger partial charge in [-0.05, 0) is 24.1 Å². The fourth-order valence-corrected chi connectivity index (χ4v) is 2.23. The third kappa shape index (κ3) is 2.40. The SMILES string of the molecule is [SiH3]CCc1cc(Cl)c(Cl)cc1Cl. The van der Waals surface area contributed by atoms with Crippen LogP contribution in [0.3, 0.4) is 0 Å². The van der Waals surface area contributed by atoms with Crippen molar-refractivity contribution >= 4 is 45.0 Å². The van der Waals surface area contributed by atoms with Crippen LogP contribution in [0.25, 0.3) is 0 Å². The minimum Gasteiger partial charge on any atom is -0.0840 e. The summed E-state index contributed by atoms with van der Waals surface area (Å²) in [6, 6.07) is 4.75. The molecule has 0 saturated heterocycles. The van der Waals surface area contributed by atoms with Crippen LogP contribution in [0, 0.1) is 0 Å². The lowest BCUT2D eigenvalue weighted by Gasteiger charge is -2.04. The number of aryl methyl sites for hydroxylation is 1. The van der Waals surface area contributed by atoms with Crippen molar-refractivity contribution in [2.75, 3.05) is 0 Å². The van der Waals surface area contributed by atoms with Crippen LogP contribution >= 0.6 is 34.8 Å². The lowest BCUT2D eigenvalue weighted by Crippen LogP contribution is -1.86. The smallest absolute Gasteiger partial charge is 0.0607 e. The van der Waals surface area contributed by atoms with Crippen LogP contribution in [0.4, 0.5) is 0 Å². The van der Waals surface area contributed by atoms with Crippen molar-refractivity contribution in [3.8, 4) is 0 Å². The Balaban J connectivity index is 3.05. The van der Waals surface area contributed by atoms with Crippen molar-refractivity contribution in [1.29, 1.82) is 0 Å². The van der Waals surface area contributed by atoms with Crippen molar-refractivity contribution in [1.82, 2.24) is 0 Å². The maximum Gasteiger partial charge on any atom is 0.0607 e. The van der Waals surface area contributed by atoms with E-state index in [0.29, 0.717) is 10.0 Å². The van der Waals surface area contributed by atoms with Crippen molar-refractivity contribution in [2.24, 2.45) is 0 Å². The number of hydrogen-bond acceptors (Lipinski definition) is 0. The molecule has 1 aromatic rings. The molecule has 0 spiro atoms. The molecule has 66 valence electrons. The third-order valence-corrected chi connectivity index (χ3v) is 3.18. The molecule has 0 unspecified atom stereocenters. The molecule has 4 heteroatoms. The molecule has 0 N–H and O–H groups in total. The highest BCUT2D eigenvalue weighted by Crippen LogP contribution is 2.29. The fraction of sp³-hybridized carbons (Fsp3) is 0.250. The van der Waals surface area contributed by atoms with Gasteiger partial charge < -0.3 is 0 Å². The average Bonchev–Trinajstić information content (AvgIpc) is 2.01. The number of halogens is 3. The first-order valence-corrected chi connectivity index (χ1v) is 6.33. The van der Waals surface area contributed by atoms with E-state index in [1.54, 1.807) is 6.07 Å². The van der Waals surface area contributed by atoms with E-state index in [0.717, 1.165) is 17.0 Å². The van der Waals surface area contributed by atoms with Crippen molar-refractivity contribution < 1.29 is 0 Å². The van der Waals surface area contributed by atoms with Crippen LogP contribution in [0.5, 0.6) is 0 Å². The summed E-state index contributed by atoms with van der Waals surface area (Å²) in [7, 11) is 1.18. The highest BCUT2D eigenvalue weighted by atomic mass is 35.5. The normalized spacial score (nSPS) is 10.6. The lowest BCUT2D eigenvalue weighted by molar-refractivity contribution is 1.13. The first-order valence-electron chi connectivity index (χ1n) is 3.78. The first kappa shape index (κ1) is 10.4. The maximum atomic E-state index is 5.95. The van der Waals surface area contributed by atoms with E-state index in [-0.39, 0.29) is 0 Å². The van der Waals surface area contributed by atoms with Crippen LogP contribution in [0.2, 0.25) is 21.1 Å². The predicted molar refractivity (Wildman–Crippen MR) is 59.9 cm³/mol. The van der Waals surface area contributed by atoms with Gasteiger partial charge in [0.15, 0.2) is 0 Å². The van der Waals surface area contributed by atoms with Gasteiger partial charge in [0.05, 0.1) is 10.0 Å². The number of benzene rings is 1. The second kappa shape index (κ2) is 4.52. The molecule has 0 atom stereocenters. The van der Waals surface area contributed by atoms with E-state index in [1.165, 1.54) is 16.3 Å². The van der Waals surface area contributed by atoms with Gasteiger partial charge in [-0.25, -0.2) is 0 Å². The molecule has 0 radical (unpaired) electrons. The van der Waals surface area contributed by atoms with E-state index in [1.807, 2.05) is 6.07 Å². The van der Waals surface area contributed by atoms with Crippen molar-refractivity contribution in [3.63, 3.8) is 0 Å². The Morgan fingerprint density at radius 2 is 1.58 bits per heavy atom. The van der Waals surface area contributed by atoms with E-state index >= 15 is 0 Å². The first-order chi connectivity index (χ1) is 5.65. The molecule has 0 aliphatic carbocycles. The number of hydrogen-bond donors (Lipinski definition) is 0. The standard InChI is InChI=1S/C8H9Cl3Si/c9-6-4-8(11)7(10)3-5(6)1-2-12/h3-4H,1-2H2,12H3. The summed E-state index contributed by atoms with van der Waals surface area (Å²) in [5, 5.41) is 1.84. The fourth-order valence-electron chi connectivity index (χ4n) is 1.02. The molecule has 0 fully saturated rings. The lowest BCUT2D eigenvalue weighted by atomic mass is 10.2. The molecule has 0 saturated carbocycles. The van der Waals surface area contributed by atoms with Crippen LogP contribution in [0.15, 0.2) is 12.1 Å². The van der Waals surface area contributed by atoms with E-state index in [9.17, 15) is 0 Å². The molecule has 12 heavy (non-hydrogen) atoms. The van der Waals surface area contributed by atoms with Gasteiger partial charge in [-0.15, -0.1) is 0 Å². The van der Waals surface area contributed by atoms with E-state index in [4.69, 9.17) is 34.8 Å². The Hall–Kier alpha value is 0.307. The summed E-state index contributed by atoms with van der Waals surface area (Å²) < 4.78 is 0. The summed E-state index contributed by atoms with van der Waals surface area (Å²) in [4.78, 5) is 0. The van der Waals surface area contributed by atoms with Gasteiger partial charge in [0.1, 0.15) is 0 Å². The monoisotopic (exact) mass is 238 g/mol. The zero-order valence-electron chi connectivity index (χ0n) is 6.70. The minimum atomic E-state index is 0.527. The molecule has 0 nitrogen and oxygen atoms in total. The van der Waals surface area contributed by atoms with Crippen LogP contribution < -0.4 is 0 Å². The Labute approximate surface area is 90.2 Å². The minimum absolute atomic E-state index is 0.527. The third-order valence-electron chi connectivity index (χ3n) is 1.61. The average molecular weight is 240 g/mol. The van der Waals surface area contributed by atoms with Crippen LogP contribution in [0.1, 0.15) is 5.56 Å². The highest BCUT2D eigenvalue weighted by molar-refractivity contribution is 6.43. The molecule has 0 bridgehead atoms. The van der Waals surface area contributed by atoms with Gasteiger partial charge >= 0.3 is 0 Å². The maximum absolute atomic E-state index is 5.95. The highest BCUT2D eigenvalue weighted by Gasteiger charge is 2.04.